The fourth-order valence-electron chi connectivity index (χ4n) is 3.57. The van der Waals surface area contributed by atoms with Gasteiger partial charge in [-0.1, -0.05) is 0 Å². The molecule has 0 saturated heterocycles. The third-order valence-corrected chi connectivity index (χ3v) is 5.04. The van der Waals surface area contributed by atoms with Gasteiger partial charge in [0.2, 0.25) is 5.78 Å². The number of allylic oxidation sites excluding steroid dienone is 1. The van der Waals surface area contributed by atoms with Gasteiger partial charge in [-0.3, -0.25) is 19.8 Å². The molecule has 0 bridgehead atoms. The van der Waals surface area contributed by atoms with Crippen LogP contribution in [0.5, 0.6) is 11.5 Å². The number of nitrogens with zero attached hydrogens (tertiary/aromatic N) is 2. The van der Waals surface area contributed by atoms with Crippen molar-refractivity contribution >= 4 is 17.5 Å². The van der Waals surface area contributed by atoms with E-state index in [4.69, 9.17) is 13.9 Å². The van der Waals surface area contributed by atoms with E-state index in [1.807, 2.05) is 17.0 Å². The molecule has 2 aromatic carbocycles. The monoisotopic (exact) mass is 404 g/mol. The highest BCUT2D eigenvalue weighted by Gasteiger charge is 2.33. The molecule has 0 radical (unpaired) electrons. The highest BCUT2D eigenvalue weighted by Crippen LogP contribution is 2.42. The van der Waals surface area contributed by atoms with Gasteiger partial charge in [0.25, 0.3) is 5.69 Å². The summed E-state index contributed by atoms with van der Waals surface area (Å²) in [6, 6.07) is 13.2. The van der Waals surface area contributed by atoms with E-state index in [-0.39, 0.29) is 17.2 Å². The zero-order chi connectivity index (χ0) is 20.7. The van der Waals surface area contributed by atoms with E-state index in [0.717, 1.165) is 11.3 Å². The van der Waals surface area contributed by atoms with Crippen LogP contribution in [-0.4, -0.2) is 22.3 Å². The molecule has 30 heavy (non-hydrogen) atoms. The lowest BCUT2D eigenvalue weighted by molar-refractivity contribution is -0.384. The minimum atomic E-state index is -0.468. The SMILES string of the molecule is O=C1/C(=C/c2ccc([N+](=O)[O-])cc2)Oc2c1ccc1c2CN(Cc2ccco2)CO1. The standard InChI is InChI=1S/C22H16N2O6/c25-21-17-7-8-19-18(12-23(13-29-19)11-16-2-1-9-28-16)22(17)30-20(21)10-14-3-5-15(6-4-14)24(26)27/h1-10H,11-13H2/b20-10-. The lowest BCUT2D eigenvalue weighted by Crippen LogP contribution is -2.31. The van der Waals surface area contributed by atoms with Gasteiger partial charge < -0.3 is 13.9 Å². The van der Waals surface area contributed by atoms with Crippen molar-refractivity contribution < 1.29 is 23.6 Å². The van der Waals surface area contributed by atoms with Gasteiger partial charge in [0, 0.05) is 18.7 Å². The average molecular weight is 404 g/mol. The molecule has 1 aromatic heterocycles. The molecule has 0 fully saturated rings. The zero-order valence-corrected chi connectivity index (χ0v) is 15.7. The third kappa shape index (κ3) is 3.23. The number of carbonyl (C=O) groups excluding carboxylic acids is 1. The maximum atomic E-state index is 12.8. The number of fused-ring (bicyclic) bond motifs is 3. The molecule has 8 nitrogen and oxygen atoms in total. The number of Topliss-reactive ketones (excluding diaryl/α,β-unsaturated/α-hetero) is 1. The molecule has 2 aliphatic heterocycles. The first-order valence-electron chi connectivity index (χ1n) is 9.30. The van der Waals surface area contributed by atoms with Gasteiger partial charge in [-0.2, -0.15) is 0 Å². The second kappa shape index (κ2) is 7.16. The van der Waals surface area contributed by atoms with E-state index in [2.05, 4.69) is 0 Å². The lowest BCUT2D eigenvalue weighted by atomic mass is 10.0. The number of non-ortho nitro benzene ring substituents is 1. The summed E-state index contributed by atoms with van der Waals surface area (Å²) in [5.74, 6) is 1.96. The van der Waals surface area contributed by atoms with Crippen LogP contribution in [0.3, 0.4) is 0 Å². The molecule has 0 unspecified atom stereocenters. The number of nitro groups is 1. The number of rotatable bonds is 4. The van der Waals surface area contributed by atoms with Crippen molar-refractivity contribution in [3.63, 3.8) is 0 Å². The molecule has 0 atom stereocenters. The van der Waals surface area contributed by atoms with Crippen LogP contribution in [0.2, 0.25) is 0 Å². The van der Waals surface area contributed by atoms with Gasteiger partial charge in [0.1, 0.15) is 24.0 Å². The fraction of sp³-hybridized carbons (Fsp3) is 0.136. The number of furan rings is 1. The highest BCUT2D eigenvalue weighted by molar-refractivity contribution is 6.15. The van der Waals surface area contributed by atoms with Crippen molar-refractivity contribution in [2.45, 2.75) is 13.1 Å². The summed E-state index contributed by atoms with van der Waals surface area (Å²) in [6.07, 6.45) is 3.21. The number of ether oxygens (including phenoxy) is 2. The van der Waals surface area contributed by atoms with E-state index >= 15 is 0 Å². The van der Waals surface area contributed by atoms with Gasteiger partial charge in [-0.05, 0) is 48.0 Å². The number of nitro benzene ring substituents is 1. The number of carbonyl (C=O) groups is 1. The van der Waals surface area contributed by atoms with Gasteiger partial charge in [-0.15, -0.1) is 0 Å². The maximum Gasteiger partial charge on any atom is 0.269 e. The Kier molecular flexibility index (Phi) is 4.33. The van der Waals surface area contributed by atoms with E-state index < -0.39 is 4.92 Å². The van der Waals surface area contributed by atoms with Crippen molar-refractivity contribution in [2.24, 2.45) is 0 Å². The molecular formula is C22H16N2O6. The first kappa shape index (κ1) is 18.1. The van der Waals surface area contributed by atoms with E-state index in [9.17, 15) is 14.9 Å². The normalized spacial score (nSPS) is 16.7. The molecule has 0 spiro atoms. The molecule has 3 aromatic rings. The molecule has 5 rings (SSSR count). The van der Waals surface area contributed by atoms with Gasteiger partial charge >= 0.3 is 0 Å². The molecule has 0 amide bonds. The van der Waals surface area contributed by atoms with Gasteiger partial charge in [0.05, 0.1) is 28.9 Å². The fourth-order valence-corrected chi connectivity index (χ4v) is 3.57. The third-order valence-electron chi connectivity index (χ3n) is 5.04. The summed E-state index contributed by atoms with van der Waals surface area (Å²) < 4.78 is 17.2. The molecule has 150 valence electrons. The van der Waals surface area contributed by atoms with E-state index in [0.29, 0.717) is 42.4 Å². The van der Waals surface area contributed by atoms with Crippen LogP contribution in [-0.2, 0) is 13.1 Å². The summed E-state index contributed by atoms with van der Waals surface area (Å²) in [6.45, 7) is 1.54. The van der Waals surface area contributed by atoms with Crippen LogP contribution < -0.4 is 9.47 Å². The van der Waals surface area contributed by atoms with Crippen molar-refractivity contribution in [1.82, 2.24) is 4.90 Å². The first-order chi connectivity index (χ1) is 14.6. The van der Waals surface area contributed by atoms with Crippen LogP contribution in [0, 0.1) is 10.1 Å². The Morgan fingerprint density at radius 3 is 2.70 bits per heavy atom. The van der Waals surface area contributed by atoms with Crippen molar-refractivity contribution in [2.75, 3.05) is 6.73 Å². The zero-order valence-electron chi connectivity index (χ0n) is 15.7. The van der Waals surface area contributed by atoms with Crippen molar-refractivity contribution in [1.29, 1.82) is 0 Å². The average Bonchev–Trinajstić information content (AvgIpc) is 3.37. The van der Waals surface area contributed by atoms with E-state index in [1.54, 1.807) is 36.6 Å². The number of benzene rings is 2. The summed E-state index contributed by atoms with van der Waals surface area (Å²) in [7, 11) is 0. The summed E-state index contributed by atoms with van der Waals surface area (Å²) in [4.78, 5) is 25.2. The summed E-state index contributed by atoms with van der Waals surface area (Å²) in [5.41, 5.74) is 1.92. The molecule has 3 heterocycles. The Hall–Kier alpha value is -3.91. The Labute approximate surface area is 171 Å². The van der Waals surface area contributed by atoms with Crippen molar-refractivity contribution in [3.8, 4) is 11.5 Å². The highest BCUT2D eigenvalue weighted by atomic mass is 16.6. The quantitative estimate of drug-likeness (QED) is 0.366. The maximum absolute atomic E-state index is 12.8. The molecule has 0 aliphatic carbocycles. The van der Waals surface area contributed by atoms with Crippen LogP contribution in [0.15, 0.2) is 65.0 Å². The van der Waals surface area contributed by atoms with Crippen LogP contribution >= 0.6 is 0 Å². The van der Waals surface area contributed by atoms with Crippen molar-refractivity contribution in [3.05, 3.63) is 93.1 Å². The number of hydrogen-bond donors (Lipinski definition) is 0. The molecule has 2 aliphatic rings. The molecule has 8 heteroatoms. The second-order valence-electron chi connectivity index (χ2n) is 7.05. The Balaban J connectivity index is 1.42. The first-order valence-corrected chi connectivity index (χ1v) is 9.30. The predicted octanol–water partition coefficient (Wildman–Crippen LogP) is 4.16. The number of hydrogen-bond acceptors (Lipinski definition) is 7. The minimum absolute atomic E-state index is 0.0121. The predicted molar refractivity (Wildman–Crippen MR) is 106 cm³/mol. The van der Waals surface area contributed by atoms with Gasteiger partial charge in [-0.25, -0.2) is 0 Å². The Morgan fingerprint density at radius 1 is 1.13 bits per heavy atom. The number of ketones is 1. The smallest absolute Gasteiger partial charge is 0.269 e. The topological polar surface area (TPSA) is 95.0 Å². The van der Waals surface area contributed by atoms with Gasteiger partial charge in [0.15, 0.2) is 5.76 Å². The minimum Gasteiger partial charge on any atom is -0.478 e. The lowest BCUT2D eigenvalue weighted by Gasteiger charge is -2.29. The van der Waals surface area contributed by atoms with E-state index in [1.165, 1.54) is 12.1 Å². The van der Waals surface area contributed by atoms with Crippen LogP contribution in [0.1, 0.15) is 27.2 Å². The second-order valence-corrected chi connectivity index (χ2v) is 7.05. The summed E-state index contributed by atoms with van der Waals surface area (Å²) >= 11 is 0. The summed E-state index contributed by atoms with van der Waals surface area (Å²) in [5, 5.41) is 10.8. The Bertz CT molecular complexity index is 1170. The van der Waals surface area contributed by atoms with Crippen LogP contribution in [0.25, 0.3) is 6.08 Å². The van der Waals surface area contributed by atoms with Crippen LogP contribution in [0.4, 0.5) is 5.69 Å². The molecule has 0 N–H and O–H groups in total. The molecule has 0 saturated carbocycles. The Morgan fingerprint density at radius 2 is 1.97 bits per heavy atom. The largest absolute Gasteiger partial charge is 0.478 e. The molecular weight excluding hydrogens is 388 g/mol.